The molecule has 0 bridgehead atoms. The smallest absolute Gasteiger partial charge is 0.0141 e. The maximum absolute atomic E-state index is 3.87. The number of rotatable bonds is 10. The third-order valence-electron chi connectivity index (χ3n) is 3.33. The monoisotopic (exact) mass is 274 g/mol. The summed E-state index contributed by atoms with van der Waals surface area (Å²) in [6.45, 7) is 15.0. The molecule has 0 saturated heterocycles. The zero-order valence-corrected chi connectivity index (χ0v) is 14.3. The van der Waals surface area contributed by atoms with E-state index in [1.165, 1.54) is 43.3 Å². The summed E-state index contributed by atoms with van der Waals surface area (Å²) >= 11 is 0. The number of hydrogen-bond acceptors (Lipinski definition) is 0. The fourth-order valence-electron chi connectivity index (χ4n) is 2.07. The predicted octanol–water partition coefficient (Wildman–Crippen LogP) is 7.01. The normalized spacial score (nSPS) is 12.7. The van der Waals surface area contributed by atoms with Gasteiger partial charge in [0.25, 0.3) is 0 Å². The van der Waals surface area contributed by atoms with E-state index in [9.17, 15) is 0 Å². The Morgan fingerprint density at radius 3 is 2.15 bits per heavy atom. The van der Waals surface area contributed by atoms with E-state index in [4.69, 9.17) is 0 Å². The van der Waals surface area contributed by atoms with Gasteiger partial charge in [0.2, 0.25) is 0 Å². The molecule has 0 heterocycles. The molecule has 114 valence electrons. The van der Waals surface area contributed by atoms with E-state index in [1.807, 2.05) is 6.08 Å². The van der Waals surface area contributed by atoms with E-state index >= 15 is 0 Å². The Bertz CT molecular complexity index is 346. The van der Waals surface area contributed by atoms with E-state index < -0.39 is 0 Å². The van der Waals surface area contributed by atoms with Crippen LogP contribution < -0.4 is 0 Å². The fourth-order valence-corrected chi connectivity index (χ4v) is 2.07. The summed E-state index contributed by atoms with van der Waals surface area (Å²) in [6.07, 6.45) is 16.1. The molecule has 20 heavy (non-hydrogen) atoms. The molecular formula is C20H34. The van der Waals surface area contributed by atoms with Gasteiger partial charge in [-0.2, -0.15) is 0 Å². The zero-order chi connectivity index (χ0) is 15.4. The van der Waals surface area contributed by atoms with E-state index in [-0.39, 0.29) is 0 Å². The first-order valence-corrected chi connectivity index (χ1v) is 8.03. The molecule has 0 spiro atoms. The molecule has 0 aliphatic rings. The first-order valence-electron chi connectivity index (χ1n) is 8.03. The van der Waals surface area contributed by atoms with Crippen molar-refractivity contribution in [2.45, 2.75) is 73.1 Å². The molecule has 0 atom stereocenters. The van der Waals surface area contributed by atoms with Crippen LogP contribution >= 0.6 is 0 Å². The van der Waals surface area contributed by atoms with Gasteiger partial charge in [0, 0.05) is 0 Å². The Morgan fingerprint density at radius 2 is 1.60 bits per heavy atom. The third kappa shape index (κ3) is 12.0. The molecule has 0 aliphatic heterocycles. The lowest BCUT2D eigenvalue weighted by atomic mass is 10.0. The van der Waals surface area contributed by atoms with Gasteiger partial charge in [-0.3, -0.25) is 0 Å². The molecule has 0 radical (unpaired) electrons. The molecule has 0 heteroatoms. The molecule has 0 aliphatic carbocycles. The van der Waals surface area contributed by atoms with Gasteiger partial charge in [0.1, 0.15) is 0 Å². The molecule has 0 aromatic rings. The summed E-state index contributed by atoms with van der Waals surface area (Å²) in [5.41, 5.74) is 4.48. The van der Waals surface area contributed by atoms with Gasteiger partial charge >= 0.3 is 0 Å². The van der Waals surface area contributed by atoms with Gasteiger partial charge in [-0.1, -0.05) is 54.9 Å². The number of allylic oxidation sites excluding steroid dienone is 7. The van der Waals surface area contributed by atoms with Gasteiger partial charge in [-0.05, 0) is 65.2 Å². The second kappa shape index (κ2) is 11.8. The zero-order valence-electron chi connectivity index (χ0n) is 14.3. The van der Waals surface area contributed by atoms with Crippen molar-refractivity contribution in [3.63, 3.8) is 0 Å². The van der Waals surface area contributed by atoms with Crippen LogP contribution in [0.15, 0.2) is 47.6 Å². The molecule has 0 fully saturated rings. The van der Waals surface area contributed by atoms with Crippen LogP contribution in [0.1, 0.15) is 73.1 Å². The molecular weight excluding hydrogens is 240 g/mol. The lowest BCUT2D eigenvalue weighted by Gasteiger charge is -2.06. The van der Waals surface area contributed by atoms with Gasteiger partial charge in [0.05, 0.1) is 0 Å². The van der Waals surface area contributed by atoms with Crippen LogP contribution in [0.25, 0.3) is 0 Å². The summed E-state index contributed by atoms with van der Waals surface area (Å²) in [5.74, 6) is 0.746. The summed E-state index contributed by atoms with van der Waals surface area (Å²) in [6, 6.07) is 0. The predicted molar refractivity (Wildman–Crippen MR) is 94.0 cm³/mol. The topological polar surface area (TPSA) is 0 Å². The van der Waals surface area contributed by atoms with Crippen LogP contribution in [-0.4, -0.2) is 0 Å². The van der Waals surface area contributed by atoms with Crippen molar-refractivity contribution >= 4 is 0 Å². The van der Waals surface area contributed by atoms with Gasteiger partial charge in [0.15, 0.2) is 0 Å². The largest absolute Gasteiger partial charge is 0.103 e. The maximum atomic E-state index is 3.87. The van der Waals surface area contributed by atoms with Gasteiger partial charge in [-0.15, -0.1) is 6.58 Å². The Labute approximate surface area is 127 Å². The van der Waals surface area contributed by atoms with Gasteiger partial charge < -0.3 is 0 Å². The second-order valence-electron chi connectivity index (χ2n) is 6.39. The fraction of sp³-hybridized carbons (Fsp3) is 0.600. The van der Waals surface area contributed by atoms with Crippen molar-refractivity contribution in [1.82, 2.24) is 0 Å². The van der Waals surface area contributed by atoms with E-state index in [1.54, 1.807) is 5.57 Å². The molecule has 0 aromatic carbocycles. The van der Waals surface area contributed by atoms with Crippen LogP contribution in [0, 0.1) is 5.92 Å². The Hall–Kier alpha value is -1.04. The molecule has 0 N–H and O–H groups in total. The lowest BCUT2D eigenvalue weighted by molar-refractivity contribution is 0.658. The van der Waals surface area contributed by atoms with Crippen molar-refractivity contribution in [1.29, 1.82) is 0 Å². The molecule has 0 unspecified atom stereocenters. The third-order valence-corrected chi connectivity index (χ3v) is 3.33. The van der Waals surface area contributed by atoms with Crippen LogP contribution in [-0.2, 0) is 0 Å². The van der Waals surface area contributed by atoms with Crippen LogP contribution in [0.5, 0.6) is 0 Å². The van der Waals surface area contributed by atoms with Crippen molar-refractivity contribution in [3.05, 3.63) is 47.6 Å². The Balaban J connectivity index is 4.17. The minimum absolute atomic E-state index is 0.746. The Kier molecular flexibility index (Phi) is 11.1. The second-order valence-corrected chi connectivity index (χ2v) is 6.39. The van der Waals surface area contributed by atoms with Gasteiger partial charge in [-0.25, -0.2) is 0 Å². The van der Waals surface area contributed by atoms with Crippen molar-refractivity contribution < 1.29 is 0 Å². The highest BCUT2D eigenvalue weighted by molar-refractivity contribution is 5.09. The standard InChI is InChI=1S/C20H34/c1-7-10-20(16-15-18(4)5)14-9-13-19(6)12-8-11-17(2)3/h7,11,13,16,18H,1,8-10,12,14-15H2,2-6H3/b19-13+,20-16+. The van der Waals surface area contributed by atoms with E-state index in [2.05, 4.69) is 59.4 Å². The molecule has 0 aromatic heterocycles. The molecule has 0 rings (SSSR count). The highest BCUT2D eigenvalue weighted by atomic mass is 14.0. The Morgan fingerprint density at radius 1 is 0.950 bits per heavy atom. The minimum Gasteiger partial charge on any atom is -0.103 e. The number of hydrogen-bond donors (Lipinski definition) is 0. The van der Waals surface area contributed by atoms with Crippen LogP contribution in [0.4, 0.5) is 0 Å². The summed E-state index contributed by atoms with van der Waals surface area (Å²) in [5, 5.41) is 0. The molecule has 0 nitrogen and oxygen atoms in total. The minimum atomic E-state index is 0.746. The highest BCUT2D eigenvalue weighted by Gasteiger charge is 1.97. The van der Waals surface area contributed by atoms with E-state index in [0.29, 0.717) is 0 Å². The van der Waals surface area contributed by atoms with Crippen molar-refractivity contribution in [2.24, 2.45) is 5.92 Å². The quantitative estimate of drug-likeness (QED) is 0.376. The lowest BCUT2D eigenvalue weighted by Crippen LogP contribution is -1.88. The first kappa shape index (κ1) is 19.0. The van der Waals surface area contributed by atoms with Crippen LogP contribution in [0.2, 0.25) is 0 Å². The summed E-state index contributed by atoms with van der Waals surface area (Å²) in [7, 11) is 0. The average molecular weight is 274 g/mol. The van der Waals surface area contributed by atoms with Crippen LogP contribution in [0.3, 0.4) is 0 Å². The SMILES string of the molecule is C=CC/C(=C\CC(C)C)CC/C=C(\C)CCC=C(C)C. The summed E-state index contributed by atoms with van der Waals surface area (Å²) in [4.78, 5) is 0. The van der Waals surface area contributed by atoms with Crippen molar-refractivity contribution in [3.8, 4) is 0 Å². The van der Waals surface area contributed by atoms with E-state index in [0.717, 1.165) is 12.3 Å². The first-order chi connectivity index (χ1) is 9.45. The highest BCUT2D eigenvalue weighted by Crippen LogP contribution is 2.16. The molecule has 0 amide bonds. The molecule has 0 saturated carbocycles. The maximum Gasteiger partial charge on any atom is -0.0141 e. The average Bonchev–Trinajstić information content (AvgIpc) is 2.35. The summed E-state index contributed by atoms with van der Waals surface area (Å²) < 4.78 is 0. The van der Waals surface area contributed by atoms with Crippen molar-refractivity contribution in [2.75, 3.05) is 0 Å².